The smallest absolute Gasteiger partial charge is 0.304 e. The molecule has 1 aliphatic rings. The molecule has 0 fully saturated rings. The minimum atomic E-state index is -3.52. The summed E-state index contributed by atoms with van der Waals surface area (Å²) in [6.45, 7) is 0.404. The van der Waals surface area contributed by atoms with Gasteiger partial charge in [0.25, 0.3) is 0 Å². The lowest BCUT2D eigenvalue weighted by Gasteiger charge is -2.18. The zero-order chi connectivity index (χ0) is 12.5. The summed E-state index contributed by atoms with van der Waals surface area (Å²) in [4.78, 5) is 10.4. The summed E-state index contributed by atoms with van der Waals surface area (Å²) in [6, 6.07) is 7.29. The van der Waals surface area contributed by atoms with Gasteiger partial charge in [-0.1, -0.05) is 18.2 Å². The Morgan fingerprint density at radius 2 is 2.06 bits per heavy atom. The van der Waals surface area contributed by atoms with Crippen molar-refractivity contribution in [1.29, 1.82) is 0 Å². The minimum absolute atomic E-state index is 0.351. The fraction of sp³-hybridized carbons (Fsp3) is 0.364. The van der Waals surface area contributed by atoms with Crippen molar-refractivity contribution in [3.63, 3.8) is 0 Å². The number of hydrogen-bond donors (Lipinski definition) is 1. The molecule has 0 spiro atoms. The largest absolute Gasteiger partial charge is 0.481 e. The first kappa shape index (κ1) is 11.9. The molecule has 0 atom stereocenters. The molecule has 0 aromatic heterocycles. The number of sulfonamides is 1. The van der Waals surface area contributed by atoms with E-state index in [0.29, 0.717) is 18.7 Å². The molecule has 2 rings (SSSR count). The molecule has 0 saturated carbocycles. The van der Waals surface area contributed by atoms with E-state index in [-0.39, 0.29) is 12.2 Å². The van der Waals surface area contributed by atoms with E-state index in [9.17, 15) is 13.2 Å². The number of carboxylic acids is 1. The molecule has 0 saturated heterocycles. The number of carbonyl (C=O) groups is 1. The van der Waals surface area contributed by atoms with Crippen molar-refractivity contribution in [2.45, 2.75) is 12.8 Å². The number of rotatable bonds is 4. The number of benzene rings is 1. The third kappa shape index (κ3) is 2.41. The Hall–Kier alpha value is -1.56. The molecule has 92 valence electrons. The van der Waals surface area contributed by atoms with Crippen LogP contribution in [0.5, 0.6) is 0 Å². The Balaban J connectivity index is 2.22. The van der Waals surface area contributed by atoms with Gasteiger partial charge in [-0.3, -0.25) is 9.10 Å². The van der Waals surface area contributed by atoms with E-state index in [1.807, 2.05) is 12.1 Å². The summed E-state index contributed by atoms with van der Waals surface area (Å²) in [5.74, 6) is -1.45. The molecule has 0 amide bonds. The molecule has 1 aromatic carbocycles. The zero-order valence-electron chi connectivity index (χ0n) is 9.17. The van der Waals surface area contributed by atoms with Crippen molar-refractivity contribution in [3.8, 4) is 0 Å². The van der Waals surface area contributed by atoms with E-state index in [2.05, 4.69) is 0 Å². The SMILES string of the molecule is O=C(O)CCS(=O)(=O)N1CCc2ccccc21. The highest BCUT2D eigenvalue weighted by Crippen LogP contribution is 2.30. The summed E-state index contributed by atoms with van der Waals surface area (Å²) in [7, 11) is -3.52. The van der Waals surface area contributed by atoms with Gasteiger partial charge in [0.15, 0.2) is 0 Å². The third-order valence-electron chi connectivity index (χ3n) is 2.75. The van der Waals surface area contributed by atoms with Gasteiger partial charge in [0.2, 0.25) is 10.0 Å². The fourth-order valence-corrected chi connectivity index (χ4v) is 3.42. The molecule has 0 unspecified atom stereocenters. The maximum absolute atomic E-state index is 12.0. The van der Waals surface area contributed by atoms with Gasteiger partial charge in [-0.25, -0.2) is 8.42 Å². The number of carboxylic acid groups (broad SMARTS) is 1. The van der Waals surface area contributed by atoms with Crippen LogP contribution in [0, 0.1) is 0 Å². The maximum Gasteiger partial charge on any atom is 0.304 e. The van der Waals surface area contributed by atoms with Gasteiger partial charge in [0.05, 0.1) is 17.9 Å². The van der Waals surface area contributed by atoms with Crippen molar-refractivity contribution >= 4 is 21.7 Å². The van der Waals surface area contributed by atoms with Crippen LogP contribution in [0.1, 0.15) is 12.0 Å². The van der Waals surface area contributed by atoms with Crippen LogP contribution in [-0.2, 0) is 21.2 Å². The van der Waals surface area contributed by atoms with Crippen molar-refractivity contribution in [2.24, 2.45) is 0 Å². The van der Waals surface area contributed by atoms with Crippen molar-refractivity contribution in [3.05, 3.63) is 29.8 Å². The van der Waals surface area contributed by atoms with Crippen molar-refractivity contribution in [2.75, 3.05) is 16.6 Å². The molecule has 17 heavy (non-hydrogen) atoms. The number of fused-ring (bicyclic) bond motifs is 1. The lowest BCUT2D eigenvalue weighted by molar-refractivity contribution is -0.136. The minimum Gasteiger partial charge on any atom is -0.481 e. The van der Waals surface area contributed by atoms with Crippen molar-refractivity contribution in [1.82, 2.24) is 0 Å². The summed E-state index contributed by atoms with van der Waals surface area (Å²) in [6.07, 6.45) is 0.323. The predicted octanol–water partition coefficient (Wildman–Crippen LogP) is 0.854. The van der Waals surface area contributed by atoms with Crippen LogP contribution in [0.2, 0.25) is 0 Å². The fourth-order valence-electron chi connectivity index (χ4n) is 1.92. The first-order chi connectivity index (χ1) is 8.00. The molecule has 1 heterocycles. The molecule has 0 bridgehead atoms. The molecule has 0 aliphatic carbocycles. The average molecular weight is 255 g/mol. The second kappa shape index (κ2) is 4.37. The number of anilines is 1. The molecular weight excluding hydrogens is 242 g/mol. The number of aliphatic carboxylic acids is 1. The maximum atomic E-state index is 12.0. The normalized spacial score (nSPS) is 14.7. The highest BCUT2D eigenvalue weighted by molar-refractivity contribution is 7.92. The van der Waals surface area contributed by atoms with Gasteiger partial charge in [-0.05, 0) is 18.1 Å². The topological polar surface area (TPSA) is 74.7 Å². The molecular formula is C11H13NO4S. The van der Waals surface area contributed by atoms with Crippen LogP contribution < -0.4 is 4.31 Å². The van der Waals surface area contributed by atoms with Crippen LogP contribution in [0.15, 0.2) is 24.3 Å². The Morgan fingerprint density at radius 1 is 1.35 bits per heavy atom. The van der Waals surface area contributed by atoms with Gasteiger partial charge in [0.1, 0.15) is 0 Å². The number of hydrogen-bond acceptors (Lipinski definition) is 3. The van der Waals surface area contributed by atoms with Crippen molar-refractivity contribution < 1.29 is 18.3 Å². The van der Waals surface area contributed by atoms with Crippen LogP contribution in [-0.4, -0.2) is 31.8 Å². The Labute approximate surface area is 99.7 Å². The Bertz CT molecular complexity index is 538. The summed E-state index contributed by atoms with van der Waals surface area (Å²) >= 11 is 0. The quantitative estimate of drug-likeness (QED) is 0.865. The lowest BCUT2D eigenvalue weighted by Crippen LogP contribution is -2.32. The zero-order valence-corrected chi connectivity index (χ0v) is 9.98. The number of para-hydroxylation sites is 1. The van der Waals surface area contributed by atoms with E-state index < -0.39 is 16.0 Å². The monoisotopic (exact) mass is 255 g/mol. The third-order valence-corrected chi connectivity index (χ3v) is 4.53. The van der Waals surface area contributed by atoms with Gasteiger partial charge in [0, 0.05) is 6.54 Å². The first-order valence-electron chi connectivity index (χ1n) is 5.31. The predicted molar refractivity (Wildman–Crippen MR) is 63.5 cm³/mol. The Morgan fingerprint density at radius 3 is 2.76 bits per heavy atom. The van der Waals surface area contributed by atoms with E-state index >= 15 is 0 Å². The van der Waals surface area contributed by atoms with Gasteiger partial charge in [-0.2, -0.15) is 0 Å². The number of nitrogens with zero attached hydrogens (tertiary/aromatic N) is 1. The van der Waals surface area contributed by atoms with E-state index in [1.54, 1.807) is 12.1 Å². The second-order valence-corrected chi connectivity index (χ2v) is 5.92. The molecule has 6 heteroatoms. The summed E-state index contributed by atoms with van der Waals surface area (Å²) < 4.78 is 25.2. The summed E-state index contributed by atoms with van der Waals surface area (Å²) in [5, 5.41) is 8.53. The molecule has 1 aromatic rings. The standard InChI is InChI=1S/C11H13NO4S/c13-11(14)6-8-17(15,16)12-7-5-9-3-1-2-4-10(9)12/h1-4H,5-8H2,(H,13,14). The van der Waals surface area contributed by atoms with Crippen LogP contribution >= 0.6 is 0 Å². The molecule has 1 aliphatic heterocycles. The molecule has 0 radical (unpaired) electrons. The Kier molecular flexibility index (Phi) is 3.06. The highest BCUT2D eigenvalue weighted by Gasteiger charge is 2.29. The van der Waals surface area contributed by atoms with E-state index in [1.165, 1.54) is 4.31 Å². The van der Waals surface area contributed by atoms with Gasteiger partial charge < -0.3 is 5.11 Å². The van der Waals surface area contributed by atoms with Crippen LogP contribution in [0.4, 0.5) is 5.69 Å². The van der Waals surface area contributed by atoms with Crippen LogP contribution in [0.3, 0.4) is 0 Å². The average Bonchev–Trinajstić information content (AvgIpc) is 2.71. The second-order valence-electron chi connectivity index (χ2n) is 3.91. The van der Waals surface area contributed by atoms with Gasteiger partial charge >= 0.3 is 5.97 Å². The summed E-state index contributed by atoms with van der Waals surface area (Å²) in [5.41, 5.74) is 1.67. The molecule has 1 N–H and O–H groups in total. The van der Waals surface area contributed by atoms with Crippen LogP contribution in [0.25, 0.3) is 0 Å². The lowest BCUT2D eigenvalue weighted by atomic mass is 10.2. The highest BCUT2D eigenvalue weighted by atomic mass is 32.2. The van der Waals surface area contributed by atoms with Gasteiger partial charge in [-0.15, -0.1) is 0 Å². The first-order valence-corrected chi connectivity index (χ1v) is 6.92. The molecule has 5 nitrogen and oxygen atoms in total. The van der Waals surface area contributed by atoms with E-state index in [4.69, 9.17) is 5.11 Å². The van der Waals surface area contributed by atoms with E-state index in [0.717, 1.165) is 5.56 Å².